The molecule has 1 aromatic carbocycles. The second kappa shape index (κ2) is 13.1. The Labute approximate surface area is 208 Å². The Morgan fingerprint density at radius 3 is 2.60 bits per heavy atom. The SMILES string of the molecule is CC.CCCCOC(=O)c1ccc(Cn2c3c(c4c2=CCC=CC=4)C(C(=O)OCC)NCC3)cc1. The van der Waals surface area contributed by atoms with Crippen LogP contribution in [0.1, 0.15) is 80.2 Å². The maximum atomic E-state index is 12.7. The van der Waals surface area contributed by atoms with Crippen LogP contribution in [0, 0.1) is 0 Å². The summed E-state index contributed by atoms with van der Waals surface area (Å²) in [5, 5.41) is 5.57. The van der Waals surface area contributed by atoms with E-state index in [0.717, 1.165) is 53.9 Å². The van der Waals surface area contributed by atoms with E-state index in [9.17, 15) is 9.59 Å². The average Bonchev–Trinajstić information content (AvgIpc) is 3.02. The molecule has 1 unspecified atom stereocenters. The van der Waals surface area contributed by atoms with Gasteiger partial charge in [-0.2, -0.15) is 0 Å². The van der Waals surface area contributed by atoms with Crippen LogP contribution in [0.5, 0.6) is 0 Å². The Kier molecular flexibility index (Phi) is 9.91. The van der Waals surface area contributed by atoms with Gasteiger partial charge in [0.2, 0.25) is 0 Å². The molecule has 0 radical (unpaired) electrons. The molecule has 35 heavy (non-hydrogen) atoms. The number of rotatable bonds is 8. The van der Waals surface area contributed by atoms with Crippen molar-refractivity contribution >= 4 is 24.1 Å². The van der Waals surface area contributed by atoms with Crippen LogP contribution < -0.4 is 15.9 Å². The van der Waals surface area contributed by atoms with Crippen molar-refractivity contribution in [2.75, 3.05) is 19.8 Å². The largest absolute Gasteiger partial charge is 0.465 e. The highest BCUT2D eigenvalue weighted by atomic mass is 16.5. The van der Waals surface area contributed by atoms with Gasteiger partial charge in [0.05, 0.1) is 18.8 Å². The first-order valence-electron chi connectivity index (χ1n) is 12.9. The Hall–Kier alpha value is -3.12. The van der Waals surface area contributed by atoms with Crippen LogP contribution in [-0.2, 0) is 27.2 Å². The van der Waals surface area contributed by atoms with Gasteiger partial charge in [-0.1, -0.05) is 63.6 Å². The van der Waals surface area contributed by atoms with Crippen LogP contribution in [0.25, 0.3) is 12.2 Å². The van der Waals surface area contributed by atoms with E-state index in [1.54, 1.807) is 0 Å². The van der Waals surface area contributed by atoms with E-state index in [2.05, 4.69) is 41.1 Å². The summed E-state index contributed by atoms with van der Waals surface area (Å²) in [6, 6.07) is 7.17. The van der Waals surface area contributed by atoms with Crippen molar-refractivity contribution in [3.8, 4) is 0 Å². The molecule has 1 aliphatic heterocycles. The number of unbranched alkanes of at least 4 members (excludes halogenated alkanes) is 1. The topological polar surface area (TPSA) is 69.6 Å². The van der Waals surface area contributed by atoms with Gasteiger partial charge in [0.1, 0.15) is 6.04 Å². The summed E-state index contributed by atoms with van der Waals surface area (Å²) in [6.45, 7) is 10.1. The second-order valence-electron chi connectivity index (χ2n) is 8.36. The minimum Gasteiger partial charge on any atom is -0.465 e. The zero-order valence-electron chi connectivity index (χ0n) is 21.4. The fourth-order valence-corrected chi connectivity index (χ4v) is 4.50. The van der Waals surface area contributed by atoms with E-state index in [-0.39, 0.29) is 11.9 Å². The van der Waals surface area contributed by atoms with E-state index in [0.29, 0.717) is 25.3 Å². The molecule has 1 atom stereocenters. The number of ether oxygens (including phenoxy) is 2. The summed E-state index contributed by atoms with van der Waals surface area (Å²) >= 11 is 0. The number of nitrogens with zero attached hydrogens (tertiary/aromatic N) is 1. The fourth-order valence-electron chi connectivity index (χ4n) is 4.50. The number of hydrogen-bond acceptors (Lipinski definition) is 5. The lowest BCUT2D eigenvalue weighted by molar-refractivity contribution is -0.146. The molecule has 1 aliphatic carbocycles. The number of nitrogens with one attached hydrogen (secondary N) is 1. The monoisotopic (exact) mass is 478 g/mol. The highest BCUT2D eigenvalue weighted by Gasteiger charge is 2.31. The Bertz CT molecular complexity index is 1160. The summed E-state index contributed by atoms with van der Waals surface area (Å²) in [5.74, 6) is -0.509. The standard InChI is InChI=1S/C27H32N2O4.C2H6/c1-3-5-17-33-26(30)20-13-11-19(12-14-20)18-29-22-10-8-6-7-9-21(22)24-23(29)15-16-28-25(24)27(31)32-4-2;1-2/h6-7,9-14,25,28H,3-5,8,15-18H2,1-2H3;1-2H3. The van der Waals surface area contributed by atoms with E-state index in [1.165, 1.54) is 5.69 Å². The highest BCUT2D eigenvalue weighted by molar-refractivity contribution is 5.89. The lowest BCUT2D eigenvalue weighted by Gasteiger charge is -2.24. The summed E-state index contributed by atoms with van der Waals surface area (Å²) in [5.41, 5.74) is 3.85. The maximum Gasteiger partial charge on any atom is 0.338 e. The lowest BCUT2D eigenvalue weighted by Crippen LogP contribution is -2.39. The third-order valence-electron chi connectivity index (χ3n) is 6.12. The molecule has 2 heterocycles. The molecule has 0 saturated carbocycles. The smallest absolute Gasteiger partial charge is 0.338 e. The summed E-state index contributed by atoms with van der Waals surface area (Å²) in [6.07, 6.45) is 12.0. The Morgan fingerprint density at radius 2 is 1.89 bits per heavy atom. The molecule has 4 rings (SSSR count). The molecule has 0 fully saturated rings. The van der Waals surface area contributed by atoms with Crippen LogP contribution >= 0.6 is 0 Å². The molecule has 2 aliphatic rings. The first-order chi connectivity index (χ1) is 17.1. The molecule has 1 N–H and O–H groups in total. The van der Waals surface area contributed by atoms with Crippen molar-refractivity contribution in [1.82, 2.24) is 9.88 Å². The number of esters is 2. The van der Waals surface area contributed by atoms with Crippen molar-refractivity contribution in [3.05, 3.63) is 69.4 Å². The Balaban J connectivity index is 0.00000167. The van der Waals surface area contributed by atoms with Gasteiger partial charge in [-0.3, -0.25) is 0 Å². The van der Waals surface area contributed by atoms with Crippen LogP contribution in [0.4, 0.5) is 0 Å². The van der Waals surface area contributed by atoms with Crippen molar-refractivity contribution in [1.29, 1.82) is 0 Å². The maximum absolute atomic E-state index is 12.7. The highest BCUT2D eigenvalue weighted by Crippen LogP contribution is 2.22. The van der Waals surface area contributed by atoms with Gasteiger partial charge < -0.3 is 19.4 Å². The van der Waals surface area contributed by atoms with Crippen LogP contribution in [-0.4, -0.2) is 36.3 Å². The molecule has 0 spiro atoms. The zero-order valence-corrected chi connectivity index (χ0v) is 21.4. The molecular formula is C29H38N2O4. The fraction of sp³-hybridized carbons (Fsp3) is 0.448. The van der Waals surface area contributed by atoms with Gasteiger partial charge in [-0.25, -0.2) is 9.59 Å². The van der Waals surface area contributed by atoms with Crippen molar-refractivity contribution in [3.63, 3.8) is 0 Å². The summed E-state index contributed by atoms with van der Waals surface area (Å²) < 4.78 is 13.0. The molecule has 6 heteroatoms. The number of fused-ring (bicyclic) bond motifs is 3. The second-order valence-corrected chi connectivity index (χ2v) is 8.36. The van der Waals surface area contributed by atoms with Crippen LogP contribution in [0.15, 0.2) is 36.4 Å². The number of hydrogen-bond donors (Lipinski definition) is 1. The van der Waals surface area contributed by atoms with Crippen molar-refractivity contribution in [2.24, 2.45) is 0 Å². The molecule has 6 nitrogen and oxygen atoms in total. The van der Waals surface area contributed by atoms with Gasteiger partial charge >= 0.3 is 11.9 Å². The van der Waals surface area contributed by atoms with Gasteiger partial charge in [0.25, 0.3) is 0 Å². The number of benzene rings is 1. The van der Waals surface area contributed by atoms with Crippen molar-refractivity contribution < 1.29 is 19.1 Å². The summed E-state index contributed by atoms with van der Waals surface area (Å²) in [4.78, 5) is 24.9. The third-order valence-corrected chi connectivity index (χ3v) is 6.12. The molecule has 188 valence electrons. The predicted molar refractivity (Wildman–Crippen MR) is 140 cm³/mol. The number of aromatic nitrogens is 1. The molecule has 2 aromatic rings. The van der Waals surface area contributed by atoms with Crippen LogP contribution in [0.3, 0.4) is 0 Å². The van der Waals surface area contributed by atoms with E-state index in [4.69, 9.17) is 9.47 Å². The Morgan fingerprint density at radius 1 is 1.11 bits per heavy atom. The predicted octanol–water partition coefficient (Wildman–Crippen LogP) is 3.79. The van der Waals surface area contributed by atoms with Crippen LogP contribution in [0.2, 0.25) is 0 Å². The third kappa shape index (κ3) is 6.12. The zero-order chi connectivity index (χ0) is 25.2. The van der Waals surface area contributed by atoms with Gasteiger partial charge in [0, 0.05) is 41.3 Å². The molecule has 0 amide bonds. The minimum absolute atomic E-state index is 0.231. The van der Waals surface area contributed by atoms with Gasteiger partial charge in [-0.05, 0) is 37.5 Å². The molecule has 1 aromatic heterocycles. The molecular weight excluding hydrogens is 440 g/mol. The minimum atomic E-state index is -0.458. The van der Waals surface area contributed by atoms with E-state index < -0.39 is 6.04 Å². The van der Waals surface area contributed by atoms with Gasteiger partial charge in [-0.15, -0.1) is 0 Å². The first-order valence-corrected chi connectivity index (χ1v) is 12.9. The van der Waals surface area contributed by atoms with E-state index >= 15 is 0 Å². The normalized spacial score (nSPS) is 15.8. The number of allylic oxidation sites excluding steroid dienone is 2. The summed E-state index contributed by atoms with van der Waals surface area (Å²) in [7, 11) is 0. The first kappa shape index (κ1) is 26.5. The van der Waals surface area contributed by atoms with E-state index in [1.807, 2.05) is 45.0 Å². The number of carbonyl (C=O) groups excluding carboxylic acids is 2. The van der Waals surface area contributed by atoms with Gasteiger partial charge in [0.15, 0.2) is 0 Å². The molecule has 0 bridgehead atoms. The quantitative estimate of drug-likeness (QED) is 0.462. The number of carbonyl (C=O) groups is 2. The van der Waals surface area contributed by atoms with Crippen molar-refractivity contribution in [2.45, 2.75) is 66.0 Å². The average molecular weight is 479 g/mol. The molecule has 0 saturated heterocycles. The lowest BCUT2D eigenvalue weighted by atomic mass is 9.99.